The molecule has 1 saturated heterocycles. The first-order chi connectivity index (χ1) is 7.77. The molecule has 1 aromatic rings. The topological polar surface area (TPSA) is 32.3 Å². The van der Waals surface area contributed by atoms with E-state index in [2.05, 4.69) is 17.3 Å². The van der Waals surface area contributed by atoms with Crippen molar-refractivity contribution in [2.24, 2.45) is 0 Å². The highest BCUT2D eigenvalue weighted by Crippen LogP contribution is 2.17. The van der Waals surface area contributed by atoms with Crippen LogP contribution in [-0.4, -0.2) is 37.0 Å². The van der Waals surface area contributed by atoms with Crippen molar-refractivity contribution in [2.45, 2.75) is 25.3 Å². The van der Waals surface area contributed by atoms with Crippen LogP contribution in [0.5, 0.6) is 0 Å². The lowest BCUT2D eigenvalue weighted by Gasteiger charge is -2.19. The third-order valence-corrected chi connectivity index (χ3v) is 4.05. The highest BCUT2D eigenvalue weighted by molar-refractivity contribution is 7.12. The highest BCUT2D eigenvalue weighted by Gasteiger charge is 2.20. The van der Waals surface area contributed by atoms with Crippen molar-refractivity contribution in [3.05, 3.63) is 22.4 Å². The highest BCUT2D eigenvalue weighted by atomic mass is 32.1. The van der Waals surface area contributed by atoms with Gasteiger partial charge in [0.05, 0.1) is 4.88 Å². The molecule has 1 fully saturated rings. The van der Waals surface area contributed by atoms with E-state index in [4.69, 9.17) is 0 Å². The number of rotatable bonds is 4. The molecule has 88 valence electrons. The Morgan fingerprint density at radius 2 is 2.56 bits per heavy atom. The maximum absolute atomic E-state index is 11.6. The van der Waals surface area contributed by atoms with Crippen LogP contribution in [0.4, 0.5) is 0 Å². The third kappa shape index (κ3) is 2.83. The molecule has 1 aliphatic heterocycles. The zero-order valence-corrected chi connectivity index (χ0v) is 10.4. The SMILES string of the molecule is CN1CCCC1CCNC(=O)c1cccs1. The van der Waals surface area contributed by atoms with Gasteiger partial charge in [0.25, 0.3) is 5.91 Å². The molecule has 0 bridgehead atoms. The predicted molar refractivity (Wildman–Crippen MR) is 66.9 cm³/mol. The van der Waals surface area contributed by atoms with Gasteiger partial charge in [-0.2, -0.15) is 0 Å². The van der Waals surface area contributed by atoms with Crippen LogP contribution in [0.1, 0.15) is 28.9 Å². The van der Waals surface area contributed by atoms with E-state index < -0.39 is 0 Å². The average Bonchev–Trinajstić information content (AvgIpc) is 2.90. The standard InChI is InChI=1S/C12H18N2OS/c1-14-8-2-4-10(14)6-7-13-12(15)11-5-3-9-16-11/h3,5,9-10H,2,4,6-8H2,1H3,(H,13,15). The number of nitrogens with one attached hydrogen (secondary N) is 1. The minimum Gasteiger partial charge on any atom is -0.351 e. The molecule has 3 nitrogen and oxygen atoms in total. The van der Waals surface area contributed by atoms with E-state index in [1.54, 1.807) is 0 Å². The first-order valence-corrected chi connectivity index (χ1v) is 6.67. The Morgan fingerprint density at radius 3 is 3.19 bits per heavy atom. The first kappa shape index (κ1) is 11.6. The van der Waals surface area contributed by atoms with Gasteiger partial charge in [-0.15, -0.1) is 11.3 Å². The van der Waals surface area contributed by atoms with Crippen molar-refractivity contribution in [1.82, 2.24) is 10.2 Å². The van der Waals surface area contributed by atoms with Crippen LogP contribution in [0.3, 0.4) is 0 Å². The zero-order chi connectivity index (χ0) is 11.4. The number of likely N-dealkylation sites (tertiary alicyclic amines) is 1. The van der Waals surface area contributed by atoms with Crippen LogP contribution in [0.15, 0.2) is 17.5 Å². The van der Waals surface area contributed by atoms with E-state index in [-0.39, 0.29) is 5.91 Å². The number of thiophene rings is 1. The van der Waals surface area contributed by atoms with Crippen LogP contribution in [-0.2, 0) is 0 Å². The lowest BCUT2D eigenvalue weighted by molar-refractivity contribution is 0.0954. The molecule has 0 spiro atoms. The van der Waals surface area contributed by atoms with Gasteiger partial charge in [-0.05, 0) is 44.3 Å². The van der Waals surface area contributed by atoms with Gasteiger partial charge in [0.15, 0.2) is 0 Å². The van der Waals surface area contributed by atoms with Crippen molar-refractivity contribution in [3.8, 4) is 0 Å². The molecule has 0 aliphatic carbocycles. The monoisotopic (exact) mass is 238 g/mol. The number of hydrogen-bond acceptors (Lipinski definition) is 3. The molecule has 16 heavy (non-hydrogen) atoms. The van der Waals surface area contributed by atoms with E-state index in [9.17, 15) is 4.79 Å². The maximum Gasteiger partial charge on any atom is 0.261 e. The van der Waals surface area contributed by atoms with Crippen molar-refractivity contribution < 1.29 is 4.79 Å². The molecule has 2 rings (SSSR count). The van der Waals surface area contributed by atoms with Gasteiger partial charge in [0, 0.05) is 12.6 Å². The molecule has 0 saturated carbocycles. The molecular weight excluding hydrogens is 220 g/mol. The Morgan fingerprint density at radius 1 is 1.69 bits per heavy atom. The molecule has 2 heterocycles. The number of carbonyl (C=O) groups is 1. The summed E-state index contributed by atoms with van der Waals surface area (Å²) in [5.74, 6) is 0.0654. The Hall–Kier alpha value is -0.870. The Kier molecular flexibility index (Phi) is 3.96. The fourth-order valence-electron chi connectivity index (χ4n) is 2.19. The minimum absolute atomic E-state index is 0.0654. The summed E-state index contributed by atoms with van der Waals surface area (Å²) in [6.45, 7) is 1.98. The molecular formula is C12H18N2OS. The van der Waals surface area contributed by atoms with Crippen molar-refractivity contribution in [2.75, 3.05) is 20.1 Å². The van der Waals surface area contributed by atoms with Crippen molar-refractivity contribution in [1.29, 1.82) is 0 Å². The van der Waals surface area contributed by atoms with Crippen molar-refractivity contribution in [3.63, 3.8) is 0 Å². The fourth-order valence-corrected chi connectivity index (χ4v) is 2.83. The average molecular weight is 238 g/mol. The van der Waals surface area contributed by atoms with Crippen LogP contribution < -0.4 is 5.32 Å². The van der Waals surface area contributed by atoms with Gasteiger partial charge in [-0.1, -0.05) is 6.07 Å². The summed E-state index contributed by atoms with van der Waals surface area (Å²) >= 11 is 1.49. The number of nitrogens with zero attached hydrogens (tertiary/aromatic N) is 1. The van der Waals surface area contributed by atoms with E-state index in [1.807, 2.05) is 17.5 Å². The van der Waals surface area contributed by atoms with Crippen LogP contribution >= 0.6 is 11.3 Å². The first-order valence-electron chi connectivity index (χ1n) is 5.79. The minimum atomic E-state index is 0.0654. The van der Waals surface area contributed by atoms with Gasteiger partial charge in [-0.25, -0.2) is 0 Å². The van der Waals surface area contributed by atoms with Crippen LogP contribution in [0.2, 0.25) is 0 Å². The van der Waals surface area contributed by atoms with E-state index >= 15 is 0 Å². The third-order valence-electron chi connectivity index (χ3n) is 3.18. The molecule has 0 radical (unpaired) electrons. The fraction of sp³-hybridized carbons (Fsp3) is 0.583. The Bertz CT molecular complexity index is 337. The molecule has 1 aliphatic rings. The van der Waals surface area contributed by atoms with Gasteiger partial charge in [0.1, 0.15) is 0 Å². The summed E-state index contributed by atoms with van der Waals surface area (Å²) in [5.41, 5.74) is 0. The van der Waals surface area contributed by atoms with E-state index in [0.717, 1.165) is 17.8 Å². The lowest BCUT2D eigenvalue weighted by atomic mass is 10.1. The number of hydrogen-bond donors (Lipinski definition) is 1. The molecule has 1 amide bonds. The summed E-state index contributed by atoms with van der Waals surface area (Å²) in [7, 11) is 2.17. The quantitative estimate of drug-likeness (QED) is 0.869. The summed E-state index contributed by atoms with van der Waals surface area (Å²) in [6.07, 6.45) is 3.62. The van der Waals surface area contributed by atoms with Gasteiger partial charge in [-0.3, -0.25) is 4.79 Å². The van der Waals surface area contributed by atoms with Crippen molar-refractivity contribution >= 4 is 17.2 Å². The second-order valence-corrected chi connectivity index (χ2v) is 5.25. The smallest absolute Gasteiger partial charge is 0.261 e. The van der Waals surface area contributed by atoms with E-state index in [0.29, 0.717) is 6.04 Å². The number of amides is 1. The maximum atomic E-state index is 11.6. The van der Waals surface area contributed by atoms with E-state index in [1.165, 1.54) is 30.7 Å². The Labute approximate surface area is 100 Å². The lowest BCUT2D eigenvalue weighted by Crippen LogP contribution is -2.31. The Balaban J connectivity index is 1.70. The summed E-state index contributed by atoms with van der Waals surface area (Å²) < 4.78 is 0. The second-order valence-electron chi connectivity index (χ2n) is 4.30. The molecule has 1 unspecified atom stereocenters. The summed E-state index contributed by atoms with van der Waals surface area (Å²) in [5, 5.41) is 4.91. The molecule has 1 atom stereocenters. The molecule has 0 aromatic carbocycles. The predicted octanol–water partition coefficient (Wildman–Crippen LogP) is 1.96. The second kappa shape index (κ2) is 5.46. The number of carbonyl (C=O) groups excluding carboxylic acids is 1. The van der Waals surface area contributed by atoms with Gasteiger partial charge >= 0.3 is 0 Å². The normalized spacial score (nSPS) is 21.2. The molecule has 4 heteroatoms. The van der Waals surface area contributed by atoms with Gasteiger partial charge in [0.2, 0.25) is 0 Å². The molecule has 1 N–H and O–H groups in total. The van der Waals surface area contributed by atoms with Crippen LogP contribution in [0.25, 0.3) is 0 Å². The summed E-state index contributed by atoms with van der Waals surface area (Å²) in [6, 6.07) is 4.43. The summed E-state index contributed by atoms with van der Waals surface area (Å²) in [4.78, 5) is 14.8. The van der Waals surface area contributed by atoms with Gasteiger partial charge < -0.3 is 10.2 Å². The zero-order valence-electron chi connectivity index (χ0n) is 9.61. The van der Waals surface area contributed by atoms with Crippen LogP contribution in [0, 0.1) is 0 Å². The largest absolute Gasteiger partial charge is 0.351 e. The molecule has 1 aromatic heterocycles.